The monoisotopic (exact) mass is 228 g/mol. The number of hydrogen-bond donors (Lipinski definition) is 2. The minimum atomic E-state index is -0.455. The van der Waals surface area contributed by atoms with E-state index in [1.165, 1.54) is 11.3 Å². The Labute approximate surface area is 93.1 Å². The molecule has 1 aromatic heterocycles. The maximum Gasteiger partial charge on any atom is 0.243 e. The molecule has 84 valence electrons. The molecule has 0 aliphatic carbocycles. The van der Waals surface area contributed by atoms with Gasteiger partial charge >= 0.3 is 0 Å². The number of anilines is 1. The van der Waals surface area contributed by atoms with E-state index < -0.39 is 6.04 Å². The maximum absolute atomic E-state index is 11.5. The van der Waals surface area contributed by atoms with Crippen LogP contribution in [0.15, 0.2) is 0 Å². The topological polar surface area (TPSA) is 80.9 Å². The summed E-state index contributed by atoms with van der Waals surface area (Å²) in [6, 6.07) is -0.455. The van der Waals surface area contributed by atoms with Gasteiger partial charge in [0.05, 0.1) is 6.04 Å². The third kappa shape index (κ3) is 3.56. The number of carbonyl (C=O) groups is 1. The van der Waals surface area contributed by atoms with Crippen LogP contribution in [0.2, 0.25) is 0 Å². The summed E-state index contributed by atoms with van der Waals surface area (Å²) in [5.41, 5.74) is 5.66. The molecule has 0 aromatic carbocycles. The van der Waals surface area contributed by atoms with Crippen molar-refractivity contribution in [3.05, 3.63) is 5.01 Å². The number of hydrogen-bond acceptors (Lipinski definition) is 5. The Kier molecular flexibility index (Phi) is 4.64. The molecule has 0 saturated heterocycles. The van der Waals surface area contributed by atoms with Crippen LogP contribution in [-0.4, -0.2) is 22.1 Å². The van der Waals surface area contributed by atoms with Crippen LogP contribution in [-0.2, 0) is 11.2 Å². The van der Waals surface area contributed by atoms with Crippen LogP contribution >= 0.6 is 11.3 Å². The molecule has 1 aromatic rings. The molecule has 1 amide bonds. The van der Waals surface area contributed by atoms with Gasteiger partial charge in [0.15, 0.2) is 0 Å². The quantitative estimate of drug-likeness (QED) is 0.792. The lowest BCUT2D eigenvalue weighted by atomic mass is 10.2. The molecular weight excluding hydrogens is 212 g/mol. The standard InChI is InChI=1S/C9H16N4OS/c1-3-5-6(10)8(14)11-9-13-12-7(4-2)15-9/h6H,3-5,10H2,1-2H3,(H,11,13,14). The van der Waals surface area contributed by atoms with E-state index in [0.29, 0.717) is 11.6 Å². The Morgan fingerprint density at radius 3 is 2.80 bits per heavy atom. The summed E-state index contributed by atoms with van der Waals surface area (Å²) in [6.07, 6.45) is 2.41. The first-order valence-corrected chi connectivity index (χ1v) is 5.87. The number of aromatic nitrogens is 2. The number of nitrogens with one attached hydrogen (secondary N) is 1. The van der Waals surface area contributed by atoms with Crippen molar-refractivity contribution in [3.63, 3.8) is 0 Å². The molecule has 0 aliphatic heterocycles. The third-order valence-corrected chi connectivity index (χ3v) is 2.92. The summed E-state index contributed by atoms with van der Waals surface area (Å²) in [7, 11) is 0. The zero-order chi connectivity index (χ0) is 11.3. The predicted octanol–water partition coefficient (Wildman–Crippen LogP) is 1.17. The van der Waals surface area contributed by atoms with Crippen LogP contribution < -0.4 is 11.1 Å². The Balaban J connectivity index is 2.50. The van der Waals surface area contributed by atoms with Crippen molar-refractivity contribution < 1.29 is 4.79 Å². The van der Waals surface area contributed by atoms with Crippen LogP contribution in [0.1, 0.15) is 31.7 Å². The molecule has 1 heterocycles. The van der Waals surface area contributed by atoms with E-state index in [1.807, 2.05) is 13.8 Å². The summed E-state index contributed by atoms with van der Waals surface area (Å²) in [5, 5.41) is 11.9. The van der Waals surface area contributed by atoms with Crippen molar-refractivity contribution in [2.45, 2.75) is 39.2 Å². The SMILES string of the molecule is CCCC(N)C(=O)Nc1nnc(CC)s1. The molecule has 0 saturated carbocycles. The van der Waals surface area contributed by atoms with Gasteiger partial charge in [-0.15, -0.1) is 10.2 Å². The number of nitrogens with zero attached hydrogens (tertiary/aromatic N) is 2. The molecule has 5 nitrogen and oxygen atoms in total. The number of aryl methyl sites for hydroxylation is 1. The van der Waals surface area contributed by atoms with Gasteiger partial charge in [0.25, 0.3) is 0 Å². The van der Waals surface area contributed by atoms with Crippen molar-refractivity contribution in [1.82, 2.24) is 10.2 Å². The first-order valence-electron chi connectivity index (χ1n) is 5.06. The molecule has 1 atom stereocenters. The Bertz CT molecular complexity index is 326. The van der Waals surface area contributed by atoms with Crippen molar-refractivity contribution in [2.24, 2.45) is 5.73 Å². The summed E-state index contributed by atoms with van der Waals surface area (Å²) in [6.45, 7) is 3.99. The average Bonchev–Trinajstić information content (AvgIpc) is 2.66. The largest absolute Gasteiger partial charge is 0.320 e. The molecule has 0 aliphatic rings. The first-order chi connectivity index (χ1) is 7.17. The zero-order valence-corrected chi connectivity index (χ0v) is 9.80. The highest BCUT2D eigenvalue weighted by Gasteiger charge is 2.14. The Hall–Kier alpha value is -1.01. The van der Waals surface area contributed by atoms with Crippen LogP contribution in [0, 0.1) is 0 Å². The minimum absolute atomic E-state index is 0.185. The minimum Gasteiger partial charge on any atom is -0.320 e. The van der Waals surface area contributed by atoms with Crippen molar-refractivity contribution in [3.8, 4) is 0 Å². The Morgan fingerprint density at radius 2 is 2.27 bits per heavy atom. The summed E-state index contributed by atoms with van der Waals surface area (Å²) in [5.74, 6) is -0.185. The average molecular weight is 228 g/mol. The molecule has 3 N–H and O–H groups in total. The van der Waals surface area contributed by atoms with Gasteiger partial charge in [-0.05, 0) is 12.8 Å². The van der Waals surface area contributed by atoms with E-state index >= 15 is 0 Å². The number of nitrogens with two attached hydrogens (primary N) is 1. The van der Waals surface area contributed by atoms with Crippen molar-refractivity contribution in [1.29, 1.82) is 0 Å². The van der Waals surface area contributed by atoms with E-state index in [9.17, 15) is 4.79 Å². The molecule has 0 radical (unpaired) electrons. The second-order valence-electron chi connectivity index (χ2n) is 3.24. The van der Waals surface area contributed by atoms with Crippen molar-refractivity contribution >= 4 is 22.4 Å². The zero-order valence-electron chi connectivity index (χ0n) is 8.99. The summed E-state index contributed by atoms with van der Waals surface area (Å²) >= 11 is 1.39. The number of carbonyl (C=O) groups excluding carboxylic acids is 1. The number of rotatable bonds is 5. The third-order valence-electron chi connectivity index (χ3n) is 1.94. The van der Waals surface area contributed by atoms with E-state index in [1.54, 1.807) is 0 Å². The fourth-order valence-corrected chi connectivity index (χ4v) is 1.77. The van der Waals surface area contributed by atoms with Gasteiger partial charge in [-0.25, -0.2) is 0 Å². The normalized spacial score (nSPS) is 12.5. The maximum atomic E-state index is 11.5. The summed E-state index contributed by atoms with van der Waals surface area (Å²) < 4.78 is 0. The smallest absolute Gasteiger partial charge is 0.243 e. The fraction of sp³-hybridized carbons (Fsp3) is 0.667. The lowest BCUT2D eigenvalue weighted by Gasteiger charge is -2.08. The van der Waals surface area contributed by atoms with Gasteiger partial charge in [-0.3, -0.25) is 10.1 Å². The summed E-state index contributed by atoms with van der Waals surface area (Å²) in [4.78, 5) is 11.5. The van der Waals surface area contributed by atoms with Gasteiger partial charge in [0.2, 0.25) is 11.0 Å². The van der Waals surface area contributed by atoms with Gasteiger partial charge in [0.1, 0.15) is 5.01 Å². The molecule has 1 unspecified atom stereocenters. The van der Waals surface area contributed by atoms with E-state index in [2.05, 4.69) is 15.5 Å². The molecule has 15 heavy (non-hydrogen) atoms. The van der Waals surface area contributed by atoms with Gasteiger partial charge in [-0.1, -0.05) is 31.6 Å². The molecule has 0 spiro atoms. The lowest BCUT2D eigenvalue weighted by molar-refractivity contribution is -0.117. The lowest BCUT2D eigenvalue weighted by Crippen LogP contribution is -2.35. The Morgan fingerprint density at radius 1 is 1.53 bits per heavy atom. The molecule has 1 rings (SSSR count). The van der Waals surface area contributed by atoms with Crippen LogP contribution in [0.25, 0.3) is 0 Å². The van der Waals surface area contributed by atoms with Crippen LogP contribution in [0.3, 0.4) is 0 Å². The molecule has 6 heteroatoms. The van der Waals surface area contributed by atoms with E-state index in [4.69, 9.17) is 5.73 Å². The molecule has 0 fully saturated rings. The van der Waals surface area contributed by atoms with Gasteiger partial charge in [0, 0.05) is 0 Å². The highest BCUT2D eigenvalue weighted by Crippen LogP contribution is 2.15. The van der Waals surface area contributed by atoms with E-state index in [-0.39, 0.29) is 5.91 Å². The second kappa shape index (κ2) is 5.77. The second-order valence-corrected chi connectivity index (χ2v) is 4.30. The van der Waals surface area contributed by atoms with Crippen molar-refractivity contribution in [2.75, 3.05) is 5.32 Å². The molecular formula is C9H16N4OS. The van der Waals surface area contributed by atoms with Gasteiger partial charge < -0.3 is 5.73 Å². The van der Waals surface area contributed by atoms with Crippen LogP contribution in [0.4, 0.5) is 5.13 Å². The van der Waals surface area contributed by atoms with E-state index in [0.717, 1.165) is 17.8 Å². The number of amides is 1. The molecule has 0 bridgehead atoms. The fourth-order valence-electron chi connectivity index (χ4n) is 1.09. The predicted molar refractivity (Wildman–Crippen MR) is 60.8 cm³/mol. The highest BCUT2D eigenvalue weighted by atomic mass is 32.1. The van der Waals surface area contributed by atoms with Crippen LogP contribution in [0.5, 0.6) is 0 Å². The highest BCUT2D eigenvalue weighted by molar-refractivity contribution is 7.15. The van der Waals surface area contributed by atoms with Gasteiger partial charge in [-0.2, -0.15) is 0 Å². The first kappa shape index (κ1) is 12.1.